The zero-order chi connectivity index (χ0) is 12.0. The lowest BCUT2D eigenvalue weighted by Gasteiger charge is -2.33. The van der Waals surface area contributed by atoms with Gasteiger partial charge in [0.1, 0.15) is 0 Å². The molecule has 0 bridgehead atoms. The summed E-state index contributed by atoms with van der Waals surface area (Å²) in [4.78, 5) is 0. The topological polar surface area (TPSA) is 40.5 Å². The summed E-state index contributed by atoms with van der Waals surface area (Å²) in [6.07, 6.45) is 9.29. The highest BCUT2D eigenvalue weighted by Gasteiger charge is 2.27. The quantitative estimate of drug-likeness (QED) is 0.541. The molecule has 0 aliphatic heterocycles. The molecular formula is C14H28O2. The van der Waals surface area contributed by atoms with Crippen molar-refractivity contribution in [1.29, 1.82) is 0 Å². The highest BCUT2D eigenvalue weighted by atomic mass is 16.5. The van der Waals surface area contributed by atoms with Gasteiger partial charge in [0.15, 0.2) is 6.29 Å². The number of rotatable bonds is 6. The smallest absolute Gasteiger partial charge is 0.154 e. The van der Waals surface area contributed by atoms with Gasteiger partial charge in [-0.2, -0.15) is 0 Å². The van der Waals surface area contributed by atoms with Gasteiger partial charge in [0.25, 0.3) is 0 Å². The van der Waals surface area contributed by atoms with E-state index in [1.54, 1.807) is 0 Å². The monoisotopic (exact) mass is 228 g/mol. The van der Waals surface area contributed by atoms with E-state index in [2.05, 4.69) is 6.92 Å². The molecule has 1 rings (SSSR count). The maximum absolute atomic E-state index is 9.17. The summed E-state index contributed by atoms with van der Waals surface area (Å²) in [7, 11) is 0. The van der Waals surface area contributed by atoms with Crippen LogP contribution in [-0.4, -0.2) is 16.5 Å². The van der Waals surface area contributed by atoms with Gasteiger partial charge in [-0.05, 0) is 24.7 Å². The van der Waals surface area contributed by atoms with E-state index in [-0.39, 0.29) is 5.92 Å². The molecule has 2 heteroatoms. The fourth-order valence-electron chi connectivity index (χ4n) is 2.93. The molecule has 1 aliphatic carbocycles. The normalized spacial score (nSPS) is 28.3. The Morgan fingerprint density at radius 3 is 2.19 bits per heavy atom. The van der Waals surface area contributed by atoms with E-state index in [0.717, 1.165) is 5.92 Å². The van der Waals surface area contributed by atoms with E-state index < -0.39 is 6.29 Å². The molecule has 16 heavy (non-hydrogen) atoms. The van der Waals surface area contributed by atoms with E-state index >= 15 is 0 Å². The van der Waals surface area contributed by atoms with Crippen molar-refractivity contribution in [3.63, 3.8) is 0 Å². The molecule has 1 fully saturated rings. The van der Waals surface area contributed by atoms with Gasteiger partial charge in [-0.15, -0.1) is 0 Å². The summed E-state index contributed by atoms with van der Waals surface area (Å²) in [5.41, 5.74) is 0. The van der Waals surface area contributed by atoms with E-state index in [1.165, 1.54) is 51.4 Å². The molecule has 0 amide bonds. The van der Waals surface area contributed by atoms with Crippen LogP contribution in [0, 0.1) is 17.8 Å². The van der Waals surface area contributed by atoms with Gasteiger partial charge in [-0.3, -0.25) is 0 Å². The molecule has 1 atom stereocenters. The van der Waals surface area contributed by atoms with Gasteiger partial charge in [-0.1, -0.05) is 52.4 Å². The third-order valence-corrected chi connectivity index (χ3v) is 4.32. The first-order chi connectivity index (χ1) is 7.65. The first-order valence-electron chi connectivity index (χ1n) is 7.01. The molecule has 0 aromatic rings. The lowest BCUT2D eigenvalue weighted by molar-refractivity contribution is -0.0995. The molecule has 2 N–H and O–H groups in total. The Hall–Kier alpha value is -0.0800. The fourth-order valence-corrected chi connectivity index (χ4v) is 2.93. The van der Waals surface area contributed by atoms with Gasteiger partial charge in [0.05, 0.1) is 0 Å². The first-order valence-corrected chi connectivity index (χ1v) is 7.01. The molecule has 96 valence electrons. The average Bonchev–Trinajstić information content (AvgIpc) is 2.29. The third kappa shape index (κ3) is 4.42. The highest BCUT2D eigenvalue weighted by Crippen LogP contribution is 2.36. The highest BCUT2D eigenvalue weighted by molar-refractivity contribution is 4.76. The second-order valence-corrected chi connectivity index (χ2v) is 5.55. The lowest BCUT2D eigenvalue weighted by Crippen LogP contribution is -2.28. The van der Waals surface area contributed by atoms with Gasteiger partial charge in [0.2, 0.25) is 0 Å². The maximum atomic E-state index is 9.17. The van der Waals surface area contributed by atoms with Crippen LogP contribution in [0.1, 0.15) is 65.2 Å². The summed E-state index contributed by atoms with van der Waals surface area (Å²) in [6.45, 7) is 4.22. The first kappa shape index (κ1) is 14.0. The van der Waals surface area contributed by atoms with Gasteiger partial charge >= 0.3 is 0 Å². The molecule has 1 aliphatic rings. The number of unbranched alkanes of at least 4 members (excludes halogenated alkanes) is 2. The van der Waals surface area contributed by atoms with Gasteiger partial charge in [0, 0.05) is 5.92 Å². The van der Waals surface area contributed by atoms with Crippen LogP contribution in [0.4, 0.5) is 0 Å². The molecule has 1 saturated carbocycles. The van der Waals surface area contributed by atoms with Crippen molar-refractivity contribution in [2.75, 3.05) is 0 Å². The summed E-state index contributed by atoms with van der Waals surface area (Å²) < 4.78 is 0. The molecule has 0 heterocycles. The van der Waals surface area contributed by atoms with Crippen molar-refractivity contribution < 1.29 is 10.2 Å². The van der Waals surface area contributed by atoms with Gasteiger partial charge < -0.3 is 10.2 Å². The van der Waals surface area contributed by atoms with Crippen LogP contribution in [0.3, 0.4) is 0 Å². The minimum atomic E-state index is -1.12. The van der Waals surface area contributed by atoms with E-state index in [0.29, 0.717) is 5.92 Å². The Kier molecular flexibility index (Phi) is 6.37. The molecule has 0 spiro atoms. The van der Waals surface area contributed by atoms with Crippen LogP contribution in [0.25, 0.3) is 0 Å². The second-order valence-electron chi connectivity index (χ2n) is 5.55. The largest absolute Gasteiger partial charge is 0.368 e. The Bertz CT molecular complexity index is 172. The van der Waals surface area contributed by atoms with Crippen molar-refractivity contribution in [2.24, 2.45) is 17.8 Å². The average molecular weight is 228 g/mol. The maximum Gasteiger partial charge on any atom is 0.154 e. The number of hydrogen-bond acceptors (Lipinski definition) is 2. The summed E-state index contributed by atoms with van der Waals surface area (Å²) >= 11 is 0. The van der Waals surface area contributed by atoms with Crippen molar-refractivity contribution in [3.8, 4) is 0 Å². The SMILES string of the molecule is CCCCCC1CCC(C(C)C(O)O)CC1. The lowest BCUT2D eigenvalue weighted by atomic mass is 9.75. The van der Waals surface area contributed by atoms with Crippen LogP contribution < -0.4 is 0 Å². The van der Waals surface area contributed by atoms with Crippen LogP contribution in [0.15, 0.2) is 0 Å². The van der Waals surface area contributed by atoms with Crippen molar-refractivity contribution >= 4 is 0 Å². The minimum Gasteiger partial charge on any atom is -0.368 e. The van der Waals surface area contributed by atoms with Crippen molar-refractivity contribution in [1.82, 2.24) is 0 Å². The number of hydrogen-bond donors (Lipinski definition) is 2. The summed E-state index contributed by atoms with van der Waals surface area (Å²) in [5, 5.41) is 18.3. The molecule has 1 unspecified atom stereocenters. The van der Waals surface area contributed by atoms with Crippen molar-refractivity contribution in [2.45, 2.75) is 71.5 Å². The third-order valence-electron chi connectivity index (χ3n) is 4.32. The van der Waals surface area contributed by atoms with Crippen LogP contribution in [-0.2, 0) is 0 Å². The predicted octanol–water partition coefficient (Wildman–Crippen LogP) is 3.32. The number of aliphatic hydroxyl groups is 2. The van der Waals surface area contributed by atoms with Crippen molar-refractivity contribution in [3.05, 3.63) is 0 Å². The molecule has 0 aromatic carbocycles. The Balaban J connectivity index is 2.18. The van der Waals surface area contributed by atoms with Gasteiger partial charge in [-0.25, -0.2) is 0 Å². The number of aliphatic hydroxyl groups excluding tert-OH is 1. The molecule has 2 nitrogen and oxygen atoms in total. The zero-order valence-corrected chi connectivity index (χ0v) is 10.9. The Labute approximate surface area is 100 Å². The predicted molar refractivity (Wildman–Crippen MR) is 67.0 cm³/mol. The zero-order valence-electron chi connectivity index (χ0n) is 10.9. The fraction of sp³-hybridized carbons (Fsp3) is 1.00. The van der Waals surface area contributed by atoms with Crippen LogP contribution in [0.2, 0.25) is 0 Å². The second kappa shape index (κ2) is 7.29. The minimum absolute atomic E-state index is 0.0524. The van der Waals surface area contributed by atoms with E-state index in [1.807, 2.05) is 6.92 Å². The summed E-state index contributed by atoms with van der Waals surface area (Å²) in [5.74, 6) is 1.49. The summed E-state index contributed by atoms with van der Waals surface area (Å²) in [6, 6.07) is 0. The van der Waals surface area contributed by atoms with Crippen LogP contribution >= 0.6 is 0 Å². The molecule has 0 saturated heterocycles. The molecule has 0 radical (unpaired) electrons. The Morgan fingerprint density at radius 1 is 1.06 bits per heavy atom. The standard InChI is InChI=1S/C14H28O2/c1-3-4-5-6-12-7-9-13(10-8-12)11(2)14(15)16/h11-16H,3-10H2,1-2H3. The van der Waals surface area contributed by atoms with Crippen LogP contribution in [0.5, 0.6) is 0 Å². The van der Waals surface area contributed by atoms with E-state index in [9.17, 15) is 0 Å². The van der Waals surface area contributed by atoms with E-state index in [4.69, 9.17) is 10.2 Å². The molecular weight excluding hydrogens is 200 g/mol. The molecule has 0 aromatic heterocycles. The Morgan fingerprint density at radius 2 is 1.69 bits per heavy atom.